The van der Waals surface area contributed by atoms with Crippen LogP contribution in [0, 0.1) is 5.92 Å². The summed E-state index contributed by atoms with van der Waals surface area (Å²) in [6, 6.07) is 8.89. The first-order valence-corrected chi connectivity index (χ1v) is 7.40. The Kier molecular flexibility index (Phi) is 5.15. The second-order valence-electron chi connectivity index (χ2n) is 6.07. The van der Waals surface area contributed by atoms with Gasteiger partial charge in [0.15, 0.2) is 0 Å². The number of benzene rings is 1. The third-order valence-electron chi connectivity index (χ3n) is 3.67. The van der Waals surface area contributed by atoms with E-state index in [1.165, 1.54) is 18.4 Å². The minimum absolute atomic E-state index is 0.140. The minimum atomic E-state index is -0.140. The summed E-state index contributed by atoms with van der Waals surface area (Å²) in [5.41, 5.74) is 4.52. The zero-order chi connectivity index (χ0) is 14.5. The normalized spacial score (nSPS) is 14.8. The van der Waals surface area contributed by atoms with Crippen molar-refractivity contribution in [2.75, 3.05) is 6.54 Å². The Hall–Kier alpha value is -1.39. The SMILES string of the molecule is CC(C)CN(Cc1ccccc1CC(=O)NN)C1CC1. The Labute approximate surface area is 121 Å². The quantitative estimate of drug-likeness (QED) is 0.453. The molecule has 0 unspecified atom stereocenters. The number of nitrogens with one attached hydrogen (secondary N) is 1. The number of amides is 1. The van der Waals surface area contributed by atoms with Crippen LogP contribution in [0.5, 0.6) is 0 Å². The van der Waals surface area contributed by atoms with Crippen molar-refractivity contribution < 1.29 is 4.79 Å². The predicted molar refractivity (Wildman–Crippen MR) is 80.7 cm³/mol. The van der Waals surface area contributed by atoms with E-state index in [1.807, 2.05) is 18.2 Å². The number of hydrogen-bond acceptors (Lipinski definition) is 3. The maximum absolute atomic E-state index is 11.5. The highest BCUT2D eigenvalue weighted by Crippen LogP contribution is 2.29. The molecular formula is C16H25N3O. The number of nitrogens with zero attached hydrogens (tertiary/aromatic N) is 1. The van der Waals surface area contributed by atoms with Crippen molar-refractivity contribution in [1.82, 2.24) is 10.3 Å². The van der Waals surface area contributed by atoms with Crippen LogP contribution in [0.1, 0.15) is 37.8 Å². The highest BCUT2D eigenvalue weighted by molar-refractivity contribution is 5.78. The van der Waals surface area contributed by atoms with Crippen LogP contribution in [0.15, 0.2) is 24.3 Å². The van der Waals surface area contributed by atoms with Gasteiger partial charge in [-0.3, -0.25) is 15.1 Å². The highest BCUT2D eigenvalue weighted by Gasteiger charge is 2.29. The molecule has 1 saturated carbocycles. The van der Waals surface area contributed by atoms with Gasteiger partial charge in [0.1, 0.15) is 0 Å². The average Bonchev–Trinajstić information content (AvgIpc) is 3.24. The van der Waals surface area contributed by atoms with E-state index in [0.717, 1.165) is 24.7 Å². The first-order valence-electron chi connectivity index (χ1n) is 7.40. The van der Waals surface area contributed by atoms with E-state index in [2.05, 4.69) is 30.2 Å². The van der Waals surface area contributed by atoms with E-state index in [0.29, 0.717) is 12.3 Å². The number of hydrogen-bond donors (Lipinski definition) is 2. The minimum Gasteiger partial charge on any atom is -0.296 e. The molecule has 4 nitrogen and oxygen atoms in total. The monoisotopic (exact) mass is 275 g/mol. The van der Waals surface area contributed by atoms with Gasteiger partial charge in [-0.05, 0) is 29.9 Å². The fourth-order valence-corrected chi connectivity index (χ4v) is 2.58. The lowest BCUT2D eigenvalue weighted by atomic mass is 10.0. The van der Waals surface area contributed by atoms with Gasteiger partial charge in [0, 0.05) is 19.1 Å². The molecule has 1 aliphatic rings. The van der Waals surface area contributed by atoms with E-state index in [1.54, 1.807) is 0 Å². The zero-order valence-corrected chi connectivity index (χ0v) is 12.4. The average molecular weight is 275 g/mol. The van der Waals surface area contributed by atoms with Gasteiger partial charge in [0.05, 0.1) is 6.42 Å². The van der Waals surface area contributed by atoms with Crippen molar-refractivity contribution in [3.8, 4) is 0 Å². The van der Waals surface area contributed by atoms with Gasteiger partial charge in [-0.25, -0.2) is 5.84 Å². The summed E-state index contributed by atoms with van der Waals surface area (Å²) in [7, 11) is 0. The standard InChI is InChI=1S/C16H25N3O/c1-12(2)10-19(15-7-8-15)11-14-6-4-3-5-13(14)9-16(20)18-17/h3-6,12,15H,7-11,17H2,1-2H3,(H,18,20). The molecular weight excluding hydrogens is 250 g/mol. The number of carbonyl (C=O) groups excluding carboxylic acids is 1. The van der Waals surface area contributed by atoms with Crippen LogP contribution in [0.2, 0.25) is 0 Å². The molecule has 0 aliphatic heterocycles. The van der Waals surface area contributed by atoms with Crippen molar-refractivity contribution >= 4 is 5.91 Å². The van der Waals surface area contributed by atoms with Crippen molar-refractivity contribution in [1.29, 1.82) is 0 Å². The molecule has 0 saturated heterocycles. The smallest absolute Gasteiger partial charge is 0.238 e. The van der Waals surface area contributed by atoms with Crippen molar-refractivity contribution in [2.24, 2.45) is 11.8 Å². The molecule has 2 rings (SSSR count). The van der Waals surface area contributed by atoms with Gasteiger partial charge in [-0.2, -0.15) is 0 Å². The molecule has 1 amide bonds. The van der Waals surface area contributed by atoms with Crippen molar-refractivity contribution in [3.63, 3.8) is 0 Å². The van der Waals surface area contributed by atoms with Gasteiger partial charge in [0.2, 0.25) is 5.91 Å². The van der Waals surface area contributed by atoms with Crippen LogP contribution >= 0.6 is 0 Å². The van der Waals surface area contributed by atoms with Gasteiger partial charge in [-0.15, -0.1) is 0 Å². The second-order valence-corrected chi connectivity index (χ2v) is 6.07. The van der Waals surface area contributed by atoms with E-state index in [-0.39, 0.29) is 5.91 Å². The summed E-state index contributed by atoms with van der Waals surface area (Å²) < 4.78 is 0. The Balaban J connectivity index is 2.08. The van der Waals surface area contributed by atoms with Crippen molar-refractivity contribution in [3.05, 3.63) is 35.4 Å². The number of rotatable bonds is 7. The van der Waals surface area contributed by atoms with Crippen LogP contribution < -0.4 is 11.3 Å². The first kappa shape index (κ1) is 15.0. The van der Waals surface area contributed by atoms with Gasteiger partial charge in [-0.1, -0.05) is 38.1 Å². The topological polar surface area (TPSA) is 58.4 Å². The lowest BCUT2D eigenvalue weighted by molar-refractivity contribution is -0.120. The molecule has 1 aromatic rings. The molecule has 1 aliphatic carbocycles. The fraction of sp³-hybridized carbons (Fsp3) is 0.562. The highest BCUT2D eigenvalue weighted by atomic mass is 16.2. The predicted octanol–water partition coefficient (Wildman–Crippen LogP) is 1.84. The van der Waals surface area contributed by atoms with E-state index in [4.69, 9.17) is 5.84 Å². The lowest BCUT2D eigenvalue weighted by Crippen LogP contribution is -2.33. The molecule has 0 atom stereocenters. The summed E-state index contributed by atoms with van der Waals surface area (Å²) in [5, 5.41) is 0. The molecule has 0 bridgehead atoms. The maximum atomic E-state index is 11.5. The summed E-state index contributed by atoms with van der Waals surface area (Å²) in [4.78, 5) is 14.0. The number of nitrogens with two attached hydrogens (primary N) is 1. The summed E-state index contributed by atoms with van der Waals surface area (Å²) in [6.07, 6.45) is 2.96. The van der Waals surface area contributed by atoms with Crippen LogP contribution in [-0.2, 0) is 17.8 Å². The molecule has 0 spiro atoms. The van der Waals surface area contributed by atoms with Gasteiger partial charge in [0.25, 0.3) is 0 Å². The van der Waals surface area contributed by atoms with E-state index < -0.39 is 0 Å². The largest absolute Gasteiger partial charge is 0.296 e. The van der Waals surface area contributed by atoms with E-state index in [9.17, 15) is 4.79 Å². The maximum Gasteiger partial charge on any atom is 0.238 e. The Morgan fingerprint density at radius 1 is 1.35 bits per heavy atom. The first-order chi connectivity index (χ1) is 9.60. The summed E-state index contributed by atoms with van der Waals surface area (Å²) >= 11 is 0. The van der Waals surface area contributed by atoms with E-state index >= 15 is 0 Å². The number of carbonyl (C=O) groups is 1. The third-order valence-corrected chi connectivity index (χ3v) is 3.67. The Bertz CT molecular complexity index is 455. The molecule has 20 heavy (non-hydrogen) atoms. The van der Waals surface area contributed by atoms with Crippen LogP contribution in [0.3, 0.4) is 0 Å². The molecule has 110 valence electrons. The molecule has 1 fully saturated rings. The van der Waals surface area contributed by atoms with Crippen molar-refractivity contribution in [2.45, 2.75) is 45.7 Å². The Morgan fingerprint density at radius 2 is 2.00 bits per heavy atom. The number of hydrazine groups is 1. The van der Waals surface area contributed by atoms with Crippen LogP contribution in [0.25, 0.3) is 0 Å². The third kappa shape index (κ3) is 4.32. The molecule has 4 heteroatoms. The summed E-state index contributed by atoms with van der Waals surface area (Å²) in [5.74, 6) is 5.71. The second kappa shape index (κ2) is 6.86. The Morgan fingerprint density at radius 3 is 2.55 bits per heavy atom. The van der Waals surface area contributed by atoms with Gasteiger partial charge < -0.3 is 0 Å². The van der Waals surface area contributed by atoms with Crippen LogP contribution in [0.4, 0.5) is 0 Å². The molecule has 0 aromatic heterocycles. The molecule has 0 heterocycles. The molecule has 1 aromatic carbocycles. The summed E-state index contributed by atoms with van der Waals surface area (Å²) in [6.45, 7) is 6.55. The van der Waals surface area contributed by atoms with Crippen LogP contribution in [-0.4, -0.2) is 23.4 Å². The van der Waals surface area contributed by atoms with Gasteiger partial charge >= 0.3 is 0 Å². The molecule has 3 N–H and O–H groups in total. The fourth-order valence-electron chi connectivity index (χ4n) is 2.58. The molecule has 0 radical (unpaired) electrons. The lowest BCUT2D eigenvalue weighted by Gasteiger charge is -2.25. The zero-order valence-electron chi connectivity index (χ0n) is 12.4.